The number of pyridine rings is 1. The molecule has 4 rings (SSSR count). The van der Waals surface area contributed by atoms with Crippen LogP contribution in [0.25, 0.3) is 20.9 Å². The molecule has 0 saturated heterocycles. The lowest BCUT2D eigenvalue weighted by Crippen LogP contribution is -2.01. The Kier molecular flexibility index (Phi) is 3.13. The van der Waals surface area contributed by atoms with Gasteiger partial charge in [0.2, 0.25) is 0 Å². The highest BCUT2D eigenvalue weighted by atomic mass is 32.1. The van der Waals surface area contributed by atoms with E-state index < -0.39 is 0 Å². The number of H-pyrrole nitrogens is 1. The summed E-state index contributed by atoms with van der Waals surface area (Å²) in [5.74, 6) is 1.57. The monoisotopic (exact) mass is 313 g/mol. The summed E-state index contributed by atoms with van der Waals surface area (Å²) in [6.45, 7) is 0.607. The normalized spacial score (nSPS) is 11.0. The van der Waals surface area contributed by atoms with E-state index >= 15 is 0 Å². The molecule has 0 aliphatic heterocycles. The quantitative estimate of drug-likeness (QED) is 0.602. The molecule has 4 heterocycles. The lowest BCUT2D eigenvalue weighted by atomic mass is 10.3. The van der Waals surface area contributed by atoms with Crippen molar-refractivity contribution in [2.75, 3.05) is 5.32 Å². The van der Waals surface area contributed by atoms with E-state index in [-0.39, 0.29) is 0 Å². The topological polar surface area (TPSA) is 66.5 Å². The van der Waals surface area contributed by atoms with Gasteiger partial charge >= 0.3 is 0 Å². The zero-order chi connectivity index (χ0) is 14.1. The Morgan fingerprint density at radius 2 is 2.14 bits per heavy atom. The average molecular weight is 313 g/mol. The molecule has 0 aliphatic rings. The summed E-state index contributed by atoms with van der Waals surface area (Å²) in [6, 6.07) is 8.02. The van der Waals surface area contributed by atoms with Crippen molar-refractivity contribution in [3.05, 3.63) is 47.0 Å². The largest absolute Gasteiger partial charge is 0.377 e. The molecule has 104 valence electrons. The number of nitrogens with one attached hydrogen (secondary N) is 2. The van der Waals surface area contributed by atoms with E-state index in [1.165, 1.54) is 0 Å². The van der Waals surface area contributed by atoms with Crippen molar-refractivity contribution in [3.63, 3.8) is 0 Å². The molecule has 0 aromatic carbocycles. The van der Waals surface area contributed by atoms with Gasteiger partial charge in [-0.05, 0) is 29.0 Å². The van der Waals surface area contributed by atoms with Gasteiger partial charge in [-0.2, -0.15) is 5.10 Å². The van der Waals surface area contributed by atoms with Crippen molar-refractivity contribution in [1.29, 1.82) is 0 Å². The van der Waals surface area contributed by atoms with E-state index in [1.807, 2.05) is 41.2 Å². The molecule has 4 aromatic rings. The van der Waals surface area contributed by atoms with E-state index in [9.17, 15) is 0 Å². The summed E-state index contributed by atoms with van der Waals surface area (Å²) in [5, 5.41) is 14.7. The van der Waals surface area contributed by atoms with Crippen LogP contribution in [0.2, 0.25) is 0 Å². The van der Waals surface area contributed by atoms with Crippen molar-refractivity contribution in [1.82, 2.24) is 20.2 Å². The summed E-state index contributed by atoms with van der Waals surface area (Å²) >= 11 is 3.32. The zero-order valence-corrected chi connectivity index (χ0v) is 12.5. The summed E-state index contributed by atoms with van der Waals surface area (Å²) in [4.78, 5) is 9.91. The van der Waals surface area contributed by atoms with Crippen molar-refractivity contribution in [2.45, 2.75) is 6.54 Å². The highest BCUT2D eigenvalue weighted by molar-refractivity contribution is 7.17. The van der Waals surface area contributed by atoms with Crippen LogP contribution in [0, 0.1) is 0 Å². The van der Waals surface area contributed by atoms with Crippen LogP contribution in [0.1, 0.15) is 5.82 Å². The maximum Gasteiger partial charge on any atom is 0.191 e. The average Bonchev–Trinajstić information content (AvgIpc) is 3.23. The molecule has 7 heteroatoms. The van der Waals surface area contributed by atoms with Crippen LogP contribution < -0.4 is 5.32 Å². The molecule has 0 fully saturated rings. The van der Waals surface area contributed by atoms with E-state index in [2.05, 4.69) is 25.5 Å². The molecule has 5 nitrogen and oxygen atoms in total. The summed E-state index contributed by atoms with van der Waals surface area (Å²) in [5.41, 5.74) is 2.09. The Balaban J connectivity index is 1.53. The van der Waals surface area contributed by atoms with E-state index in [1.54, 1.807) is 22.7 Å². The van der Waals surface area contributed by atoms with Gasteiger partial charge in [-0.15, -0.1) is 22.7 Å². The van der Waals surface area contributed by atoms with Crippen molar-refractivity contribution in [3.8, 4) is 10.7 Å². The van der Waals surface area contributed by atoms with E-state index in [4.69, 9.17) is 0 Å². The second kappa shape index (κ2) is 5.27. The highest BCUT2D eigenvalue weighted by Crippen LogP contribution is 2.27. The molecule has 2 N–H and O–H groups in total. The molecule has 4 aromatic heterocycles. The third-order valence-electron chi connectivity index (χ3n) is 3.06. The van der Waals surface area contributed by atoms with Crippen molar-refractivity contribution in [2.24, 2.45) is 0 Å². The number of hydrogen-bond acceptors (Lipinski definition) is 6. The third kappa shape index (κ3) is 2.41. The molecule has 0 unspecified atom stereocenters. The minimum absolute atomic E-state index is 0.607. The first-order valence-corrected chi connectivity index (χ1v) is 8.17. The molecule has 0 saturated carbocycles. The lowest BCUT2D eigenvalue weighted by molar-refractivity contribution is 0.956. The number of aromatic nitrogens is 4. The van der Waals surface area contributed by atoms with Gasteiger partial charge in [0.05, 0.1) is 27.3 Å². The number of aromatic amines is 1. The number of fused-ring (bicyclic) bond motifs is 1. The zero-order valence-electron chi connectivity index (χ0n) is 10.9. The van der Waals surface area contributed by atoms with Crippen LogP contribution in [0.5, 0.6) is 0 Å². The summed E-state index contributed by atoms with van der Waals surface area (Å²) in [6.07, 6.45) is 1.81. The standard InChI is InChI=1S/C14H11N5S2/c1-2-11(20-6-1)14-17-12(18-19-14)8-16-9-3-5-15-10-4-7-21-13(9)10/h1-7H,8H2,(H,15,16)(H,17,18,19). The molecule has 0 amide bonds. The fourth-order valence-electron chi connectivity index (χ4n) is 2.08. The van der Waals surface area contributed by atoms with Gasteiger partial charge in [-0.3, -0.25) is 10.1 Å². The SMILES string of the molecule is c1csc(-c2n[nH]c(CNc3ccnc4ccsc34)n2)c1. The maximum atomic E-state index is 4.50. The van der Waals surface area contributed by atoms with Gasteiger partial charge in [0.15, 0.2) is 5.82 Å². The minimum Gasteiger partial charge on any atom is -0.377 e. The maximum absolute atomic E-state index is 4.50. The van der Waals surface area contributed by atoms with Crippen LogP contribution >= 0.6 is 22.7 Å². The van der Waals surface area contributed by atoms with Crippen LogP contribution in [-0.2, 0) is 6.54 Å². The van der Waals surface area contributed by atoms with Crippen LogP contribution in [0.3, 0.4) is 0 Å². The van der Waals surface area contributed by atoms with Crippen LogP contribution in [-0.4, -0.2) is 20.2 Å². The molecule has 0 spiro atoms. The fraction of sp³-hybridized carbons (Fsp3) is 0.0714. The molecular weight excluding hydrogens is 302 g/mol. The number of nitrogens with zero attached hydrogens (tertiary/aromatic N) is 3. The summed E-state index contributed by atoms with van der Waals surface area (Å²) in [7, 11) is 0. The van der Waals surface area contributed by atoms with Gasteiger partial charge in [-0.1, -0.05) is 6.07 Å². The highest BCUT2D eigenvalue weighted by Gasteiger charge is 2.08. The predicted molar refractivity (Wildman–Crippen MR) is 86.6 cm³/mol. The second-order valence-corrected chi connectivity index (χ2v) is 6.29. The molecule has 0 bridgehead atoms. The third-order valence-corrected chi connectivity index (χ3v) is 4.87. The Morgan fingerprint density at radius 3 is 3.05 bits per heavy atom. The molecule has 0 aliphatic carbocycles. The summed E-state index contributed by atoms with van der Waals surface area (Å²) < 4.78 is 1.16. The smallest absolute Gasteiger partial charge is 0.191 e. The van der Waals surface area contributed by atoms with Gasteiger partial charge in [0, 0.05) is 6.20 Å². The Hall–Kier alpha value is -2.25. The minimum atomic E-state index is 0.607. The van der Waals surface area contributed by atoms with Crippen LogP contribution in [0.4, 0.5) is 5.69 Å². The Morgan fingerprint density at radius 1 is 1.14 bits per heavy atom. The number of hydrogen-bond donors (Lipinski definition) is 2. The Labute approximate surface area is 128 Å². The Bertz CT molecular complexity index is 862. The first-order chi connectivity index (χ1) is 10.4. The van der Waals surface area contributed by atoms with Crippen molar-refractivity contribution < 1.29 is 0 Å². The van der Waals surface area contributed by atoms with E-state index in [0.717, 1.165) is 32.4 Å². The lowest BCUT2D eigenvalue weighted by Gasteiger charge is -2.04. The van der Waals surface area contributed by atoms with Crippen LogP contribution in [0.15, 0.2) is 41.2 Å². The molecule has 0 radical (unpaired) electrons. The van der Waals surface area contributed by atoms with Crippen molar-refractivity contribution >= 4 is 38.6 Å². The first kappa shape index (κ1) is 12.5. The first-order valence-electron chi connectivity index (χ1n) is 6.41. The predicted octanol–water partition coefficient (Wildman–Crippen LogP) is 3.76. The van der Waals surface area contributed by atoms with Gasteiger partial charge in [-0.25, -0.2) is 4.98 Å². The number of thiophene rings is 2. The van der Waals surface area contributed by atoms with E-state index in [0.29, 0.717) is 6.54 Å². The van der Waals surface area contributed by atoms with Gasteiger partial charge in [0.1, 0.15) is 5.82 Å². The molecule has 0 atom stereocenters. The molecular formula is C14H11N5S2. The fourth-order valence-corrected chi connectivity index (χ4v) is 3.58. The number of anilines is 1. The number of rotatable bonds is 4. The molecule has 21 heavy (non-hydrogen) atoms. The second-order valence-electron chi connectivity index (χ2n) is 4.43. The van der Waals surface area contributed by atoms with Gasteiger partial charge in [0.25, 0.3) is 0 Å². The van der Waals surface area contributed by atoms with Gasteiger partial charge < -0.3 is 5.32 Å².